The number of ketones is 1. The molecule has 1 aliphatic rings. The Morgan fingerprint density at radius 2 is 1.76 bits per heavy atom. The van der Waals surface area contributed by atoms with Gasteiger partial charge in [-0.25, -0.2) is 0 Å². The highest BCUT2D eigenvalue weighted by Gasteiger charge is 2.45. The highest BCUT2D eigenvalue weighted by atomic mass is 35.5. The first kappa shape index (κ1) is 16.7. The van der Waals surface area contributed by atoms with Gasteiger partial charge in [-0.2, -0.15) is 5.26 Å². The SMILES string of the molecule is N#CCN1C(=O)C(=O)/C(=C(/O)c2ccc(Cl)cc2)C1c1ccccc1. The highest BCUT2D eigenvalue weighted by molar-refractivity contribution is 6.46. The van der Waals surface area contributed by atoms with Crippen LogP contribution < -0.4 is 0 Å². The molecular weight excluding hydrogens is 340 g/mol. The number of aliphatic hydroxyl groups is 1. The van der Waals surface area contributed by atoms with E-state index >= 15 is 0 Å². The number of rotatable bonds is 3. The van der Waals surface area contributed by atoms with Crippen molar-refractivity contribution in [3.8, 4) is 6.07 Å². The van der Waals surface area contributed by atoms with Crippen LogP contribution in [-0.4, -0.2) is 28.2 Å². The van der Waals surface area contributed by atoms with Gasteiger partial charge in [-0.15, -0.1) is 0 Å². The minimum Gasteiger partial charge on any atom is -0.507 e. The molecule has 1 heterocycles. The van der Waals surface area contributed by atoms with Crippen LogP contribution in [0, 0.1) is 11.3 Å². The number of amides is 1. The maximum absolute atomic E-state index is 12.5. The van der Waals surface area contributed by atoms with Gasteiger partial charge in [0.25, 0.3) is 11.7 Å². The fourth-order valence-corrected chi connectivity index (χ4v) is 2.99. The maximum Gasteiger partial charge on any atom is 0.296 e. The number of carbonyl (C=O) groups is 2. The lowest BCUT2D eigenvalue weighted by molar-refractivity contribution is -0.139. The summed E-state index contributed by atoms with van der Waals surface area (Å²) < 4.78 is 0. The van der Waals surface area contributed by atoms with E-state index < -0.39 is 17.7 Å². The Hall–Kier alpha value is -3.10. The molecule has 6 heteroatoms. The van der Waals surface area contributed by atoms with Gasteiger partial charge in [-0.3, -0.25) is 9.59 Å². The molecule has 3 rings (SSSR count). The van der Waals surface area contributed by atoms with Crippen LogP contribution in [0.25, 0.3) is 5.76 Å². The van der Waals surface area contributed by atoms with Gasteiger partial charge in [-0.05, 0) is 29.8 Å². The number of benzene rings is 2. The molecule has 0 aliphatic carbocycles. The monoisotopic (exact) mass is 352 g/mol. The first-order valence-electron chi connectivity index (χ1n) is 7.51. The van der Waals surface area contributed by atoms with E-state index in [4.69, 9.17) is 16.9 Å². The molecule has 0 aromatic heterocycles. The molecule has 0 radical (unpaired) electrons. The molecule has 2 aromatic carbocycles. The fourth-order valence-electron chi connectivity index (χ4n) is 2.86. The molecule has 1 amide bonds. The predicted octanol–water partition coefficient (Wildman–Crippen LogP) is 3.29. The van der Waals surface area contributed by atoms with Crippen molar-refractivity contribution in [2.75, 3.05) is 6.54 Å². The van der Waals surface area contributed by atoms with Crippen LogP contribution in [-0.2, 0) is 9.59 Å². The lowest BCUT2D eigenvalue weighted by Gasteiger charge is -2.22. The molecule has 25 heavy (non-hydrogen) atoms. The summed E-state index contributed by atoms with van der Waals surface area (Å²) in [4.78, 5) is 26.0. The molecule has 1 unspecified atom stereocenters. The summed E-state index contributed by atoms with van der Waals surface area (Å²) in [5.41, 5.74) is 0.988. The van der Waals surface area contributed by atoms with Crippen LogP contribution >= 0.6 is 11.6 Å². The standard InChI is InChI=1S/C19H13ClN2O3/c20-14-8-6-13(7-9-14)17(23)15-16(12-4-2-1-3-5-12)22(11-10-21)19(25)18(15)24/h1-9,16,23H,11H2/b17-15+. The van der Waals surface area contributed by atoms with Crippen molar-refractivity contribution < 1.29 is 14.7 Å². The van der Waals surface area contributed by atoms with Crippen molar-refractivity contribution in [2.24, 2.45) is 0 Å². The zero-order valence-corrected chi connectivity index (χ0v) is 13.8. The zero-order chi connectivity index (χ0) is 18.0. The van der Waals surface area contributed by atoms with E-state index in [1.807, 2.05) is 6.07 Å². The van der Waals surface area contributed by atoms with Gasteiger partial charge in [0, 0.05) is 10.6 Å². The zero-order valence-electron chi connectivity index (χ0n) is 13.0. The third-order valence-electron chi connectivity index (χ3n) is 4.01. The second kappa shape index (κ2) is 6.80. The molecular formula is C19H13ClN2O3. The topological polar surface area (TPSA) is 81.4 Å². The van der Waals surface area contributed by atoms with Crippen molar-refractivity contribution in [1.82, 2.24) is 4.90 Å². The van der Waals surface area contributed by atoms with Gasteiger partial charge in [0.05, 0.1) is 17.7 Å². The molecule has 0 bridgehead atoms. The summed E-state index contributed by atoms with van der Waals surface area (Å²) in [6, 6.07) is 16.2. The van der Waals surface area contributed by atoms with E-state index in [1.54, 1.807) is 54.6 Å². The number of nitriles is 1. The number of hydrogen-bond donors (Lipinski definition) is 1. The largest absolute Gasteiger partial charge is 0.507 e. The smallest absolute Gasteiger partial charge is 0.296 e. The van der Waals surface area contributed by atoms with E-state index in [1.165, 1.54) is 4.90 Å². The van der Waals surface area contributed by atoms with Crippen LogP contribution in [0.3, 0.4) is 0 Å². The van der Waals surface area contributed by atoms with Crippen molar-refractivity contribution in [3.05, 3.63) is 76.3 Å². The Morgan fingerprint density at radius 1 is 1.12 bits per heavy atom. The Balaban J connectivity index is 2.19. The van der Waals surface area contributed by atoms with E-state index in [9.17, 15) is 14.7 Å². The van der Waals surface area contributed by atoms with Crippen molar-refractivity contribution in [1.29, 1.82) is 5.26 Å². The average molecular weight is 353 g/mol. The quantitative estimate of drug-likeness (QED) is 0.398. The van der Waals surface area contributed by atoms with E-state index in [0.29, 0.717) is 16.1 Å². The van der Waals surface area contributed by atoms with Crippen LogP contribution in [0.5, 0.6) is 0 Å². The normalized spacial score (nSPS) is 19.0. The predicted molar refractivity (Wildman–Crippen MR) is 92.5 cm³/mol. The van der Waals surface area contributed by atoms with Gasteiger partial charge in [0.15, 0.2) is 0 Å². The lowest BCUT2D eigenvalue weighted by Crippen LogP contribution is -2.29. The summed E-state index contributed by atoms with van der Waals surface area (Å²) in [7, 11) is 0. The minimum atomic E-state index is -0.809. The van der Waals surface area contributed by atoms with Crippen molar-refractivity contribution in [3.63, 3.8) is 0 Å². The third-order valence-corrected chi connectivity index (χ3v) is 4.27. The Bertz CT molecular complexity index is 899. The highest BCUT2D eigenvalue weighted by Crippen LogP contribution is 2.39. The van der Waals surface area contributed by atoms with Crippen molar-refractivity contribution >= 4 is 29.1 Å². The molecule has 0 saturated carbocycles. The van der Waals surface area contributed by atoms with E-state index in [0.717, 1.165) is 0 Å². The average Bonchev–Trinajstić information content (AvgIpc) is 2.88. The summed E-state index contributed by atoms with van der Waals surface area (Å²) >= 11 is 5.85. The van der Waals surface area contributed by atoms with Crippen LogP contribution in [0.1, 0.15) is 17.2 Å². The summed E-state index contributed by atoms with van der Waals surface area (Å²) in [5.74, 6) is -1.90. The van der Waals surface area contributed by atoms with E-state index in [-0.39, 0.29) is 17.9 Å². The summed E-state index contributed by atoms with van der Waals surface area (Å²) in [6.07, 6.45) is 0. The Morgan fingerprint density at radius 3 is 2.36 bits per heavy atom. The molecule has 5 nitrogen and oxygen atoms in total. The second-order valence-electron chi connectivity index (χ2n) is 5.50. The molecule has 2 aromatic rings. The van der Waals surface area contributed by atoms with Gasteiger partial charge >= 0.3 is 0 Å². The molecule has 1 atom stereocenters. The van der Waals surface area contributed by atoms with Gasteiger partial charge in [0.1, 0.15) is 12.3 Å². The van der Waals surface area contributed by atoms with Gasteiger partial charge < -0.3 is 10.0 Å². The van der Waals surface area contributed by atoms with Crippen molar-refractivity contribution in [2.45, 2.75) is 6.04 Å². The molecule has 1 fully saturated rings. The van der Waals surface area contributed by atoms with Crippen LogP contribution in [0.15, 0.2) is 60.2 Å². The fraction of sp³-hybridized carbons (Fsp3) is 0.105. The lowest BCUT2D eigenvalue weighted by atomic mass is 9.95. The first-order chi connectivity index (χ1) is 12.0. The second-order valence-corrected chi connectivity index (χ2v) is 5.94. The third kappa shape index (κ3) is 3.00. The number of halogens is 1. The number of likely N-dealkylation sites (tertiary alicyclic amines) is 1. The number of nitrogens with zero attached hydrogens (tertiary/aromatic N) is 2. The Labute approximate surface area is 149 Å². The molecule has 1 N–H and O–H groups in total. The Kier molecular flexibility index (Phi) is 4.55. The van der Waals surface area contributed by atoms with E-state index in [2.05, 4.69) is 0 Å². The number of Topliss-reactive ketones (excluding diaryl/α,β-unsaturated/α-hetero) is 1. The van der Waals surface area contributed by atoms with Gasteiger partial charge in [-0.1, -0.05) is 41.9 Å². The molecule has 1 saturated heterocycles. The number of aliphatic hydroxyl groups excluding tert-OH is 1. The summed E-state index contributed by atoms with van der Waals surface area (Å²) in [5, 5.41) is 20.2. The molecule has 0 spiro atoms. The number of hydrogen-bond acceptors (Lipinski definition) is 4. The van der Waals surface area contributed by atoms with Crippen LogP contribution in [0.4, 0.5) is 0 Å². The number of carbonyl (C=O) groups excluding carboxylic acids is 2. The first-order valence-corrected chi connectivity index (χ1v) is 7.88. The summed E-state index contributed by atoms with van der Waals surface area (Å²) in [6.45, 7) is -0.248. The van der Waals surface area contributed by atoms with Gasteiger partial charge in [0.2, 0.25) is 0 Å². The minimum absolute atomic E-state index is 0.0335. The molecule has 124 valence electrons. The maximum atomic E-state index is 12.5. The molecule has 1 aliphatic heterocycles. The van der Waals surface area contributed by atoms with Crippen LogP contribution in [0.2, 0.25) is 5.02 Å².